The van der Waals surface area contributed by atoms with Crippen molar-refractivity contribution in [2.45, 2.75) is 37.8 Å². The Morgan fingerprint density at radius 3 is 2.86 bits per heavy atom. The van der Waals surface area contributed by atoms with Gasteiger partial charge in [0, 0.05) is 7.11 Å². The number of benzene rings is 1. The van der Waals surface area contributed by atoms with E-state index in [1.807, 2.05) is 6.07 Å². The molecule has 1 aliphatic carbocycles. The number of hydrogen-bond donors (Lipinski definition) is 3. The van der Waals surface area contributed by atoms with Gasteiger partial charge in [-0.2, -0.15) is 5.26 Å². The molecule has 1 unspecified atom stereocenters. The average molecular weight is 384 g/mol. The van der Waals surface area contributed by atoms with Gasteiger partial charge in [0.2, 0.25) is 0 Å². The van der Waals surface area contributed by atoms with E-state index in [4.69, 9.17) is 4.74 Å². The highest BCUT2D eigenvalue weighted by atomic mass is 16.5. The van der Waals surface area contributed by atoms with Crippen LogP contribution in [0.15, 0.2) is 29.1 Å². The van der Waals surface area contributed by atoms with E-state index in [0.29, 0.717) is 49.3 Å². The number of aromatic nitrogens is 2. The first kappa shape index (κ1) is 20.0. The van der Waals surface area contributed by atoms with Gasteiger partial charge in [-0.1, -0.05) is 12.1 Å². The van der Waals surface area contributed by atoms with E-state index in [1.54, 1.807) is 25.3 Å². The lowest BCUT2D eigenvalue weighted by molar-refractivity contribution is -0.906. The van der Waals surface area contributed by atoms with Crippen molar-refractivity contribution in [3.63, 3.8) is 0 Å². The lowest BCUT2D eigenvalue weighted by Crippen LogP contribution is -3.12. The van der Waals surface area contributed by atoms with Crippen LogP contribution in [0.5, 0.6) is 0 Å². The molecule has 1 aliphatic rings. The summed E-state index contributed by atoms with van der Waals surface area (Å²) in [5, 5.41) is 12.9. The molecule has 0 spiro atoms. The maximum Gasteiger partial charge on any atom is 0.276 e. The summed E-state index contributed by atoms with van der Waals surface area (Å²) < 4.78 is 5.16. The average Bonchev–Trinajstić information content (AvgIpc) is 3.15. The molecule has 1 heterocycles. The minimum absolute atomic E-state index is 0.169. The Hall–Kier alpha value is -2.76. The van der Waals surface area contributed by atoms with Crippen LogP contribution in [0.2, 0.25) is 0 Å². The SMILES string of the molecule is COCC[NH+](CC(=O)NC1(C#N)CCCC1)Cc1nc2ccccc2c(=O)[nH]1. The number of nitrogens with zero attached hydrogens (tertiary/aromatic N) is 2. The van der Waals surface area contributed by atoms with Crippen molar-refractivity contribution in [3.8, 4) is 6.07 Å². The number of methoxy groups -OCH3 is 1. The zero-order chi connectivity index (χ0) is 20.0. The molecule has 1 amide bonds. The van der Waals surface area contributed by atoms with Crippen LogP contribution in [0.3, 0.4) is 0 Å². The summed E-state index contributed by atoms with van der Waals surface area (Å²) in [6, 6.07) is 9.44. The summed E-state index contributed by atoms with van der Waals surface area (Å²) in [5.41, 5.74) is -0.296. The number of rotatable bonds is 8. The number of hydrogen-bond acceptors (Lipinski definition) is 5. The van der Waals surface area contributed by atoms with Gasteiger partial charge in [-0.3, -0.25) is 9.59 Å². The second-order valence-corrected chi connectivity index (χ2v) is 7.33. The number of quaternary nitrogens is 1. The van der Waals surface area contributed by atoms with Gasteiger partial charge < -0.3 is 19.9 Å². The van der Waals surface area contributed by atoms with Crippen molar-refractivity contribution in [2.75, 3.05) is 26.8 Å². The van der Waals surface area contributed by atoms with E-state index in [-0.39, 0.29) is 18.0 Å². The fraction of sp³-hybridized carbons (Fsp3) is 0.500. The van der Waals surface area contributed by atoms with Gasteiger partial charge in [0.15, 0.2) is 12.4 Å². The molecular weight excluding hydrogens is 358 g/mol. The van der Waals surface area contributed by atoms with Crippen molar-refractivity contribution < 1.29 is 14.4 Å². The summed E-state index contributed by atoms with van der Waals surface area (Å²) >= 11 is 0. The monoisotopic (exact) mass is 384 g/mol. The van der Waals surface area contributed by atoms with Crippen molar-refractivity contribution in [1.82, 2.24) is 15.3 Å². The van der Waals surface area contributed by atoms with Gasteiger partial charge in [-0.25, -0.2) is 4.98 Å². The molecule has 1 aromatic carbocycles. The van der Waals surface area contributed by atoms with E-state index in [2.05, 4.69) is 21.4 Å². The van der Waals surface area contributed by atoms with Crippen LogP contribution in [-0.4, -0.2) is 48.2 Å². The lowest BCUT2D eigenvalue weighted by atomic mass is 10.00. The number of carbonyl (C=O) groups excluding carboxylic acids is 1. The number of nitrogens with one attached hydrogen (secondary N) is 3. The molecule has 1 saturated carbocycles. The first-order valence-electron chi connectivity index (χ1n) is 9.58. The standard InChI is InChI=1S/C20H25N5O3/c1-28-11-10-25(13-18(26)24-20(14-21)8-4-5-9-20)12-17-22-16-7-3-2-6-15(16)19(27)23-17/h2-3,6-7H,4-5,8-13H2,1H3,(H,24,26)(H,22,23,27)/p+1. The Labute approximate surface area is 163 Å². The van der Waals surface area contributed by atoms with Crippen LogP contribution in [-0.2, 0) is 16.1 Å². The third-order valence-electron chi connectivity index (χ3n) is 5.20. The molecule has 148 valence electrons. The first-order valence-corrected chi connectivity index (χ1v) is 9.58. The summed E-state index contributed by atoms with van der Waals surface area (Å²) in [7, 11) is 1.61. The molecular formula is C20H26N5O3+. The Morgan fingerprint density at radius 2 is 2.14 bits per heavy atom. The second kappa shape index (κ2) is 8.95. The number of nitriles is 1. The molecule has 8 heteroatoms. The third kappa shape index (κ3) is 4.74. The van der Waals surface area contributed by atoms with Crippen molar-refractivity contribution >= 4 is 16.8 Å². The van der Waals surface area contributed by atoms with E-state index in [0.717, 1.165) is 17.7 Å². The van der Waals surface area contributed by atoms with Gasteiger partial charge in [0.05, 0.1) is 23.6 Å². The quantitative estimate of drug-likeness (QED) is 0.589. The number of amides is 1. The molecule has 0 bridgehead atoms. The minimum Gasteiger partial charge on any atom is -0.379 e. The van der Waals surface area contributed by atoms with Crippen LogP contribution >= 0.6 is 0 Å². The summed E-state index contributed by atoms with van der Waals surface area (Å²) in [6.07, 6.45) is 3.30. The molecule has 0 aliphatic heterocycles. The van der Waals surface area contributed by atoms with E-state index >= 15 is 0 Å². The maximum absolute atomic E-state index is 12.6. The van der Waals surface area contributed by atoms with Gasteiger partial charge in [0.25, 0.3) is 11.5 Å². The lowest BCUT2D eigenvalue weighted by Gasteiger charge is -2.24. The Kier molecular flexibility index (Phi) is 6.39. The number of ether oxygens (including phenoxy) is 1. The smallest absolute Gasteiger partial charge is 0.276 e. The molecule has 1 fully saturated rings. The Bertz CT molecular complexity index is 927. The molecule has 1 aromatic heterocycles. The van der Waals surface area contributed by atoms with E-state index in [1.165, 1.54) is 0 Å². The van der Waals surface area contributed by atoms with Crippen molar-refractivity contribution in [2.24, 2.45) is 0 Å². The number of para-hydroxylation sites is 1. The number of H-pyrrole nitrogens is 1. The van der Waals surface area contributed by atoms with E-state index in [9.17, 15) is 14.9 Å². The fourth-order valence-corrected chi connectivity index (χ4v) is 3.72. The number of aromatic amines is 1. The van der Waals surface area contributed by atoms with Gasteiger partial charge in [-0.15, -0.1) is 0 Å². The largest absolute Gasteiger partial charge is 0.379 e. The molecule has 3 rings (SSSR count). The zero-order valence-corrected chi connectivity index (χ0v) is 16.1. The van der Waals surface area contributed by atoms with Gasteiger partial charge >= 0.3 is 0 Å². The summed E-state index contributed by atoms with van der Waals surface area (Å²) in [6.45, 7) is 1.63. The van der Waals surface area contributed by atoms with Crippen LogP contribution in [0, 0.1) is 11.3 Å². The maximum atomic E-state index is 12.6. The molecule has 0 radical (unpaired) electrons. The third-order valence-corrected chi connectivity index (χ3v) is 5.20. The Balaban J connectivity index is 1.72. The summed E-state index contributed by atoms with van der Waals surface area (Å²) in [4.78, 5) is 33.1. The molecule has 2 aromatic rings. The second-order valence-electron chi connectivity index (χ2n) is 7.33. The van der Waals surface area contributed by atoms with Crippen molar-refractivity contribution in [3.05, 3.63) is 40.4 Å². The highest BCUT2D eigenvalue weighted by Crippen LogP contribution is 2.28. The fourth-order valence-electron chi connectivity index (χ4n) is 3.72. The highest BCUT2D eigenvalue weighted by Gasteiger charge is 2.36. The topological polar surface area (TPSA) is 112 Å². The van der Waals surface area contributed by atoms with Crippen molar-refractivity contribution in [1.29, 1.82) is 5.26 Å². The molecule has 8 nitrogen and oxygen atoms in total. The number of fused-ring (bicyclic) bond motifs is 1. The molecule has 1 atom stereocenters. The van der Waals surface area contributed by atoms with E-state index < -0.39 is 5.54 Å². The van der Waals surface area contributed by atoms with Gasteiger partial charge in [0.1, 0.15) is 18.6 Å². The normalized spacial score (nSPS) is 16.6. The zero-order valence-electron chi connectivity index (χ0n) is 16.1. The van der Waals surface area contributed by atoms with Crippen LogP contribution in [0.25, 0.3) is 10.9 Å². The molecule has 0 saturated heterocycles. The Morgan fingerprint density at radius 1 is 1.39 bits per heavy atom. The molecule has 28 heavy (non-hydrogen) atoms. The van der Waals surface area contributed by atoms with Crippen LogP contribution in [0.4, 0.5) is 0 Å². The highest BCUT2D eigenvalue weighted by molar-refractivity contribution is 5.78. The summed E-state index contributed by atoms with van der Waals surface area (Å²) in [5.74, 6) is 0.358. The van der Waals surface area contributed by atoms with Crippen LogP contribution < -0.4 is 15.8 Å². The van der Waals surface area contributed by atoms with Crippen LogP contribution in [0.1, 0.15) is 31.5 Å². The minimum atomic E-state index is -0.737. The predicted molar refractivity (Wildman–Crippen MR) is 104 cm³/mol. The molecule has 3 N–H and O–H groups in total. The predicted octanol–water partition coefficient (Wildman–Crippen LogP) is -0.0930. The van der Waals surface area contributed by atoms with Gasteiger partial charge in [-0.05, 0) is 37.8 Å². The number of carbonyl (C=O) groups is 1. The first-order chi connectivity index (χ1) is 13.5.